The maximum Gasteiger partial charge on any atom is 0.239 e. The van der Waals surface area contributed by atoms with Crippen LogP contribution in [0, 0.1) is 0 Å². The van der Waals surface area contributed by atoms with Gasteiger partial charge in [-0.15, -0.1) is 0 Å². The van der Waals surface area contributed by atoms with Gasteiger partial charge in [-0.2, -0.15) is 0 Å². The van der Waals surface area contributed by atoms with Crippen molar-refractivity contribution in [2.45, 2.75) is 39.2 Å². The van der Waals surface area contributed by atoms with Crippen LogP contribution >= 0.6 is 0 Å². The predicted octanol–water partition coefficient (Wildman–Crippen LogP) is 1.94. The van der Waals surface area contributed by atoms with Crippen LogP contribution < -0.4 is 16.0 Å². The molecule has 1 aromatic carbocycles. The van der Waals surface area contributed by atoms with Crippen molar-refractivity contribution in [2.24, 2.45) is 0 Å². The Kier molecular flexibility index (Phi) is 4.30. The largest absolute Gasteiger partial charge is 0.397 e. The maximum atomic E-state index is 12.0. The number of nitrogen functional groups attached to an aromatic ring is 1. The molecule has 3 N–H and O–H groups in total. The topological polar surface area (TPSA) is 58.4 Å². The molecular formula is C15H23N3O. The maximum absolute atomic E-state index is 12.0. The van der Waals surface area contributed by atoms with Crippen molar-refractivity contribution in [3.63, 3.8) is 0 Å². The highest BCUT2D eigenvalue weighted by atomic mass is 16.2. The van der Waals surface area contributed by atoms with Crippen LogP contribution in [0.1, 0.15) is 32.3 Å². The molecule has 19 heavy (non-hydrogen) atoms. The second-order valence-electron chi connectivity index (χ2n) is 5.26. The first-order valence-corrected chi connectivity index (χ1v) is 7.03. The van der Waals surface area contributed by atoms with Crippen molar-refractivity contribution >= 4 is 17.3 Å². The van der Waals surface area contributed by atoms with Gasteiger partial charge in [0.05, 0.1) is 17.9 Å². The van der Waals surface area contributed by atoms with Crippen molar-refractivity contribution < 1.29 is 4.79 Å². The van der Waals surface area contributed by atoms with Gasteiger partial charge in [-0.05, 0) is 37.8 Å². The monoisotopic (exact) mass is 261 g/mol. The van der Waals surface area contributed by atoms with Gasteiger partial charge in [0, 0.05) is 12.6 Å². The normalized spacial score (nSPS) is 15.8. The summed E-state index contributed by atoms with van der Waals surface area (Å²) in [7, 11) is 0. The standard InChI is InChI=1S/C15H23N3O/c1-3-11(2)17-14(19)10-18-9-5-7-12-6-4-8-13(16)15(12)18/h4,6,8,11H,3,5,7,9-10,16H2,1-2H3,(H,17,19). The van der Waals surface area contributed by atoms with E-state index in [4.69, 9.17) is 5.73 Å². The summed E-state index contributed by atoms with van der Waals surface area (Å²) in [6.07, 6.45) is 3.07. The number of fused-ring (bicyclic) bond motifs is 1. The molecule has 4 heteroatoms. The summed E-state index contributed by atoms with van der Waals surface area (Å²) in [5.74, 6) is 0.0745. The van der Waals surface area contributed by atoms with E-state index in [2.05, 4.69) is 23.2 Å². The average molecular weight is 261 g/mol. The molecule has 0 radical (unpaired) electrons. The Labute approximate surface area is 115 Å². The van der Waals surface area contributed by atoms with Crippen LogP contribution in [-0.2, 0) is 11.2 Å². The summed E-state index contributed by atoms with van der Waals surface area (Å²) in [6, 6.07) is 6.22. The quantitative estimate of drug-likeness (QED) is 0.814. The number of para-hydroxylation sites is 1. The van der Waals surface area contributed by atoms with E-state index in [1.807, 2.05) is 19.1 Å². The molecule has 1 heterocycles. The number of benzene rings is 1. The van der Waals surface area contributed by atoms with E-state index in [0.29, 0.717) is 6.54 Å². The molecule has 0 aromatic heterocycles. The Balaban J connectivity index is 2.09. The lowest BCUT2D eigenvalue weighted by Crippen LogP contribution is -2.42. The van der Waals surface area contributed by atoms with Gasteiger partial charge in [0.25, 0.3) is 0 Å². The lowest BCUT2D eigenvalue weighted by Gasteiger charge is -2.32. The predicted molar refractivity (Wildman–Crippen MR) is 79.3 cm³/mol. The van der Waals surface area contributed by atoms with Crippen molar-refractivity contribution in [1.29, 1.82) is 0 Å². The molecule has 1 aromatic rings. The molecule has 4 nitrogen and oxygen atoms in total. The summed E-state index contributed by atoms with van der Waals surface area (Å²) >= 11 is 0. The van der Waals surface area contributed by atoms with Gasteiger partial charge in [-0.1, -0.05) is 19.1 Å². The molecule has 1 amide bonds. The highest BCUT2D eigenvalue weighted by Gasteiger charge is 2.21. The number of hydrogen-bond acceptors (Lipinski definition) is 3. The van der Waals surface area contributed by atoms with Crippen LogP contribution in [0.5, 0.6) is 0 Å². The van der Waals surface area contributed by atoms with E-state index in [0.717, 1.165) is 37.2 Å². The number of hydrogen-bond donors (Lipinski definition) is 2. The smallest absolute Gasteiger partial charge is 0.239 e. The summed E-state index contributed by atoms with van der Waals surface area (Å²) in [6.45, 7) is 5.39. The first kappa shape index (κ1) is 13.7. The van der Waals surface area contributed by atoms with Crippen LogP contribution in [0.3, 0.4) is 0 Å². The molecule has 1 aliphatic heterocycles. The molecule has 2 rings (SSSR count). The zero-order valence-electron chi connectivity index (χ0n) is 11.8. The zero-order valence-corrected chi connectivity index (χ0v) is 11.8. The van der Waals surface area contributed by atoms with Gasteiger partial charge in [0.1, 0.15) is 0 Å². The first-order chi connectivity index (χ1) is 9.11. The second-order valence-corrected chi connectivity index (χ2v) is 5.26. The fourth-order valence-corrected chi connectivity index (χ4v) is 2.52. The summed E-state index contributed by atoms with van der Waals surface area (Å²) in [4.78, 5) is 14.1. The fraction of sp³-hybridized carbons (Fsp3) is 0.533. The van der Waals surface area contributed by atoms with Crippen molar-refractivity contribution in [3.8, 4) is 0 Å². The number of rotatable bonds is 4. The molecule has 0 saturated carbocycles. The molecular weight excluding hydrogens is 238 g/mol. The minimum absolute atomic E-state index is 0.0745. The number of nitrogens with one attached hydrogen (secondary N) is 1. The van der Waals surface area contributed by atoms with E-state index >= 15 is 0 Å². The molecule has 0 spiro atoms. The first-order valence-electron chi connectivity index (χ1n) is 7.03. The number of amides is 1. The van der Waals surface area contributed by atoms with Gasteiger partial charge in [-0.3, -0.25) is 4.79 Å². The molecule has 0 saturated heterocycles. The third-order valence-corrected chi connectivity index (χ3v) is 3.70. The lowest BCUT2D eigenvalue weighted by molar-refractivity contribution is -0.120. The Morgan fingerprint density at radius 2 is 2.32 bits per heavy atom. The zero-order chi connectivity index (χ0) is 13.8. The minimum atomic E-state index is 0.0745. The Hall–Kier alpha value is -1.71. The molecule has 0 aliphatic carbocycles. The summed E-state index contributed by atoms with van der Waals surface area (Å²) < 4.78 is 0. The Morgan fingerprint density at radius 1 is 1.53 bits per heavy atom. The van der Waals surface area contributed by atoms with E-state index in [1.165, 1.54) is 5.56 Å². The molecule has 0 bridgehead atoms. The minimum Gasteiger partial charge on any atom is -0.397 e. The van der Waals surface area contributed by atoms with Crippen molar-refractivity contribution in [1.82, 2.24) is 5.32 Å². The summed E-state index contributed by atoms with van der Waals surface area (Å²) in [5, 5.41) is 3.01. The second kappa shape index (κ2) is 5.95. The fourth-order valence-electron chi connectivity index (χ4n) is 2.52. The SMILES string of the molecule is CCC(C)NC(=O)CN1CCCc2cccc(N)c21. The van der Waals surface area contributed by atoms with Gasteiger partial charge < -0.3 is 16.0 Å². The lowest BCUT2D eigenvalue weighted by atomic mass is 10.0. The van der Waals surface area contributed by atoms with Crippen LogP contribution in [-0.4, -0.2) is 25.0 Å². The third-order valence-electron chi connectivity index (χ3n) is 3.70. The van der Waals surface area contributed by atoms with E-state index in [9.17, 15) is 4.79 Å². The van der Waals surface area contributed by atoms with Crippen molar-refractivity contribution in [2.75, 3.05) is 23.7 Å². The number of nitrogens with two attached hydrogens (primary N) is 1. The van der Waals surface area contributed by atoms with E-state index in [-0.39, 0.29) is 11.9 Å². The van der Waals surface area contributed by atoms with Crippen molar-refractivity contribution in [3.05, 3.63) is 23.8 Å². The van der Waals surface area contributed by atoms with E-state index < -0.39 is 0 Å². The van der Waals surface area contributed by atoms with Crippen LogP contribution in [0.2, 0.25) is 0 Å². The number of nitrogens with zero attached hydrogens (tertiary/aromatic N) is 1. The van der Waals surface area contributed by atoms with Crippen LogP contribution in [0.4, 0.5) is 11.4 Å². The van der Waals surface area contributed by atoms with Gasteiger partial charge in [0.2, 0.25) is 5.91 Å². The number of anilines is 2. The Bertz CT molecular complexity index is 459. The number of aryl methyl sites for hydroxylation is 1. The van der Waals surface area contributed by atoms with Gasteiger partial charge in [-0.25, -0.2) is 0 Å². The highest BCUT2D eigenvalue weighted by Crippen LogP contribution is 2.32. The molecule has 1 unspecified atom stereocenters. The molecule has 1 atom stereocenters. The summed E-state index contributed by atoms with van der Waals surface area (Å²) in [5.41, 5.74) is 9.13. The Morgan fingerprint density at radius 3 is 3.05 bits per heavy atom. The van der Waals surface area contributed by atoms with Crippen LogP contribution in [0.25, 0.3) is 0 Å². The van der Waals surface area contributed by atoms with Gasteiger partial charge >= 0.3 is 0 Å². The molecule has 104 valence electrons. The highest BCUT2D eigenvalue weighted by molar-refractivity contribution is 5.84. The molecule has 1 aliphatic rings. The van der Waals surface area contributed by atoms with E-state index in [1.54, 1.807) is 0 Å². The number of carbonyl (C=O) groups excluding carboxylic acids is 1. The molecule has 0 fully saturated rings. The van der Waals surface area contributed by atoms with Gasteiger partial charge in [0.15, 0.2) is 0 Å². The average Bonchev–Trinajstić information content (AvgIpc) is 2.38. The third kappa shape index (κ3) is 3.19. The van der Waals surface area contributed by atoms with Crippen LogP contribution in [0.15, 0.2) is 18.2 Å². The number of carbonyl (C=O) groups is 1.